The zero-order valence-corrected chi connectivity index (χ0v) is 7.83. The predicted octanol–water partition coefficient (Wildman–Crippen LogP) is 3.39. The van der Waals surface area contributed by atoms with Crippen LogP contribution in [0.3, 0.4) is 0 Å². The van der Waals surface area contributed by atoms with Crippen LogP contribution in [0.25, 0.3) is 5.57 Å². The van der Waals surface area contributed by atoms with Crippen LogP contribution in [0, 0.1) is 11.3 Å². The Hall–Kier alpha value is -1.55. The van der Waals surface area contributed by atoms with Gasteiger partial charge < -0.3 is 0 Å². The molecule has 0 aliphatic rings. The molecule has 0 aromatic heterocycles. The highest BCUT2D eigenvalue weighted by molar-refractivity contribution is 5.76. The molecule has 13 heavy (non-hydrogen) atoms. The third kappa shape index (κ3) is 2.76. The van der Waals surface area contributed by atoms with Crippen LogP contribution in [-0.4, -0.2) is 0 Å². The van der Waals surface area contributed by atoms with E-state index in [-0.39, 0.29) is 0 Å². The Kier molecular flexibility index (Phi) is 3.78. The molecule has 0 aliphatic carbocycles. The van der Waals surface area contributed by atoms with Gasteiger partial charge in [-0.15, -0.1) is 0 Å². The second-order valence-corrected chi connectivity index (χ2v) is 2.88. The van der Waals surface area contributed by atoms with Gasteiger partial charge in [0.05, 0.1) is 11.6 Å². The molecule has 0 radical (unpaired) electrons. The standard InChI is InChI=1S/C12H13N/c1-2-3-7-12(10-13)11-8-5-4-6-9-11/h4-9H,2-3H2,1H3/b12-7+. The minimum absolute atomic E-state index is 0.780. The first-order chi connectivity index (χ1) is 6.38. The van der Waals surface area contributed by atoms with Crippen LogP contribution in [0.5, 0.6) is 0 Å². The van der Waals surface area contributed by atoms with Gasteiger partial charge in [-0.1, -0.05) is 49.8 Å². The van der Waals surface area contributed by atoms with Gasteiger partial charge >= 0.3 is 0 Å². The number of benzene rings is 1. The maximum absolute atomic E-state index is 8.89. The van der Waals surface area contributed by atoms with Gasteiger partial charge in [0.2, 0.25) is 0 Å². The van der Waals surface area contributed by atoms with E-state index in [2.05, 4.69) is 13.0 Å². The molecule has 0 atom stereocenters. The second kappa shape index (κ2) is 5.16. The zero-order valence-electron chi connectivity index (χ0n) is 7.83. The van der Waals surface area contributed by atoms with Gasteiger partial charge in [0, 0.05) is 0 Å². The summed E-state index contributed by atoms with van der Waals surface area (Å²) in [5, 5.41) is 8.89. The van der Waals surface area contributed by atoms with E-state index in [1.54, 1.807) is 0 Å². The minimum atomic E-state index is 0.780. The van der Waals surface area contributed by atoms with Gasteiger partial charge in [0.15, 0.2) is 0 Å². The number of nitrogens with zero attached hydrogens (tertiary/aromatic N) is 1. The Morgan fingerprint density at radius 1 is 1.38 bits per heavy atom. The van der Waals surface area contributed by atoms with Crippen LogP contribution in [0.2, 0.25) is 0 Å². The number of unbranched alkanes of at least 4 members (excludes halogenated alkanes) is 1. The van der Waals surface area contributed by atoms with Crippen LogP contribution in [-0.2, 0) is 0 Å². The molecule has 0 amide bonds. The van der Waals surface area contributed by atoms with Crippen molar-refractivity contribution in [1.82, 2.24) is 0 Å². The Labute approximate surface area is 79.3 Å². The van der Waals surface area contributed by atoms with E-state index < -0.39 is 0 Å². The summed E-state index contributed by atoms with van der Waals surface area (Å²) in [4.78, 5) is 0. The van der Waals surface area contributed by atoms with E-state index in [4.69, 9.17) is 5.26 Å². The summed E-state index contributed by atoms with van der Waals surface area (Å²) in [5.41, 5.74) is 1.79. The monoisotopic (exact) mass is 171 g/mol. The first kappa shape index (κ1) is 9.54. The van der Waals surface area contributed by atoms with E-state index >= 15 is 0 Å². The van der Waals surface area contributed by atoms with Crippen molar-refractivity contribution in [3.05, 3.63) is 42.0 Å². The molecule has 0 saturated carbocycles. The molecule has 1 aromatic carbocycles. The molecule has 0 N–H and O–H groups in total. The Morgan fingerprint density at radius 2 is 2.08 bits per heavy atom. The fraction of sp³-hybridized carbons (Fsp3) is 0.250. The van der Waals surface area contributed by atoms with Crippen LogP contribution < -0.4 is 0 Å². The average Bonchev–Trinajstić information content (AvgIpc) is 2.21. The SMILES string of the molecule is CCC/C=C(\C#N)c1ccccc1. The molecular formula is C12H13N. The van der Waals surface area contributed by atoms with Gasteiger partial charge in [0.25, 0.3) is 0 Å². The number of hydrogen-bond acceptors (Lipinski definition) is 1. The number of allylic oxidation sites excluding steroid dienone is 2. The van der Waals surface area contributed by atoms with E-state index in [9.17, 15) is 0 Å². The minimum Gasteiger partial charge on any atom is -0.192 e. The summed E-state index contributed by atoms with van der Waals surface area (Å²) in [5.74, 6) is 0. The molecule has 1 rings (SSSR count). The van der Waals surface area contributed by atoms with Crippen molar-refractivity contribution in [2.45, 2.75) is 19.8 Å². The van der Waals surface area contributed by atoms with Crippen LogP contribution >= 0.6 is 0 Å². The fourth-order valence-corrected chi connectivity index (χ4v) is 1.13. The molecule has 0 unspecified atom stereocenters. The molecule has 1 aromatic rings. The maximum atomic E-state index is 8.89. The lowest BCUT2D eigenvalue weighted by atomic mass is 10.1. The van der Waals surface area contributed by atoms with E-state index in [1.165, 1.54) is 0 Å². The largest absolute Gasteiger partial charge is 0.192 e. The molecule has 66 valence electrons. The highest BCUT2D eigenvalue weighted by Gasteiger charge is 1.96. The summed E-state index contributed by atoms with van der Waals surface area (Å²) in [7, 11) is 0. The average molecular weight is 171 g/mol. The van der Waals surface area contributed by atoms with Gasteiger partial charge in [-0.25, -0.2) is 0 Å². The van der Waals surface area contributed by atoms with E-state index in [0.717, 1.165) is 24.0 Å². The molecule has 1 heteroatoms. The van der Waals surface area contributed by atoms with Crippen molar-refractivity contribution in [1.29, 1.82) is 5.26 Å². The summed E-state index contributed by atoms with van der Waals surface area (Å²) >= 11 is 0. The first-order valence-electron chi connectivity index (χ1n) is 4.54. The van der Waals surface area contributed by atoms with E-state index in [1.807, 2.05) is 36.4 Å². The Balaban J connectivity index is 2.87. The number of nitriles is 1. The lowest BCUT2D eigenvalue weighted by Crippen LogP contribution is -1.79. The fourth-order valence-electron chi connectivity index (χ4n) is 1.13. The Morgan fingerprint density at radius 3 is 2.62 bits per heavy atom. The molecule has 0 aliphatic heterocycles. The van der Waals surface area contributed by atoms with Crippen molar-refractivity contribution in [3.8, 4) is 6.07 Å². The maximum Gasteiger partial charge on any atom is 0.0994 e. The first-order valence-corrected chi connectivity index (χ1v) is 4.54. The van der Waals surface area contributed by atoms with E-state index in [0.29, 0.717) is 0 Å². The molecule has 1 nitrogen and oxygen atoms in total. The lowest BCUT2D eigenvalue weighted by molar-refractivity contribution is 0.960. The molecule has 0 fully saturated rings. The van der Waals surface area contributed by atoms with Crippen LogP contribution in [0.1, 0.15) is 25.3 Å². The van der Waals surface area contributed by atoms with Crippen LogP contribution in [0.15, 0.2) is 36.4 Å². The number of hydrogen-bond donors (Lipinski definition) is 0. The molecule has 0 spiro atoms. The summed E-state index contributed by atoms with van der Waals surface area (Å²) in [6, 6.07) is 12.0. The van der Waals surface area contributed by atoms with Crippen molar-refractivity contribution in [2.75, 3.05) is 0 Å². The lowest BCUT2D eigenvalue weighted by Gasteiger charge is -1.96. The van der Waals surface area contributed by atoms with Gasteiger partial charge in [-0.05, 0) is 12.0 Å². The molecule has 0 bridgehead atoms. The van der Waals surface area contributed by atoms with Crippen LogP contribution in [0.4, 0.5) is 0 Å². The molecule has 0 heterocycles. The van der Waals surface area contributed by atoms with Crippen molar-refractivity contribution in [3.63, 3.8) is 0 Å². The van der Waals surface area contributed by atoms with Gasteiger partial charge in [-0.3, -0.25) is 0 Å². The topological polar surface area (TPSA) is 23.8 Å². The van der Waals surface area contributed by atoms with Crippen molar-refractivity contribution < 1.29 is 0 Å². The van der Waals surface area contributed by atoms with Gasteiger partial charge in [0.1, 0.15) is 0 Å². The highest BCUT2D eigenvalue weighted by atomic mass is 14.2. The van der Waals surface area contributed by atoms with Crippen molar-refractivity contribution in [2.24, 2.45) is 0 Å². The highest BCUT2D eigenvalue weighted by Crippen LogP contribution is 2.13. The van der Waals surface area contributed by atoms with Gasteiger partial charge in [-0.2, -0.15) is 5.26 Å². The normalized spacial score (nSPS) is 10.9. The smallest absolute Gasteiger partial charge is 0.0994 e. The van der Waals surface area contributed by atoms with Crippen molar-refractivity contribution >= 4 is 5.57 Å². The summed E-state index contributed by atoms with van der Waals surface area (Å²) < 4.78 is 0. The predicted molar refractivity (Wildman–Crippen MR) is 54.9 cm³/mol. The second-order valence-electron chi connectivity index (χ2n) is 2.88. The zero-order chi connectivity index (χ0) is 9.52. The third-order valence-electron chi connectivity index (χ3n) is 1.84. The molecule has 0 saturated heterocycles. The molecular weight excluding hydrogens is 158 g/mol. The Bertz CT molecular complexity index is 317. The number of rotatable bonds is 3. The summed E-state index contributed by atoms with van der Waals surface area (Å²) in [6.07, 6.45) is 4.05. The summed E-state index contributed by atoms with van der Waals surface area (Å²) in [6.45, 7) is 2.11. The third-order valence-corrected chi connectivity index (χ3v) is 1.84. The quantitative estimate of drug-likeness (QED) is 0.639.